The summed E-state index contributed by atoms with van der Waals surface area (Å²) in [7, 11) is 0. The van der Waals surface area contributed by atoms with Crippen molar-refractivity contribution in [2.75, 3.05) is 0 Å². The number of carboxylic acid groups (broad SMARTS) is 1. The van der Waals surface area contributed by atoms with E-state index in [2.05, 4.69) is 15.3 Å². The first-order valence-electron chi connectivity index (χ1n) is 6.10. The number of H-pyrrole nitrogens is 1. The maximum Gasteiger partial charge on any atom is 0.352 e. The number of carboxylic acids is 1. The molecule has 0 aromatic carbocycles. The molecule has 2 aromatic heterocycles. The van der Waals surface area contributed by atoms with Crippen molar-refractivity contribution in [3.05, 3.63) is 52.6 Å². The molecule has 6 nitrogen and oxygen atoms in total. The number of pyridine rings is 1. The predicted molar refractivity (Wildman–Crippen MR) is 72.6 cm³/mol. The Labute approximate surface area is 115 Å². The molecule has 104 valence electrons. The van der Waals surface area contributed by atoms with Crippen LogP contribution < -0.4 is 5.32 Å². The third kappa shape index (κ3) is 2.69. The molecular formula is C14H15N3O3. The number of aromatic carboxylic acids is 1. The van der Waals surface area contributed by atoms with Crippen LogP contribution in [0, 0.1) is 13.8 Å². The van der Waals surface area contributed by atoms with Gasteiger partial charge in [0.1, 0.15) is 5.69 Å². The van der Waals surface area contributed by atoms with Gasteiger partial charge in [-0.05, 0) is 37.1 Å². The first-order chi connectivity index (χ1) is 9.50. The van der Waals surface area contributed by atoms with Gasteiger partial charge in [-0.3, -0.25) is 9.78 Å². The highest BCUT2D eigenvalue weighted by Crippen LogP contribution is 2.17. The lowest BCUT2D eigenvalue weighted by Gasteiger charge is -2.06. The molecular weight excluding hydrogens is 258 g/mol. The van der Waals surface area contributed by atoms with E-state index in [4.69, 9.17) is 5.11 Å². The number of amides is 1. The van der Waals surface area contributed by atoms with Crippen molar-refractivity contribution in [1.82, 2.24) is 15.3 Å². The van der Waals surface area contributed by atoms with Gasteiger partial charge in [0.2, 0.25) is 0 Å². The van der Waals surface area contributed by atoms with Crippen LogP contribution >= 0.6 is 0 Å². The van der Waals surface area contributed by atoms with Gasteiger partial charge in [-0.15, -0.1) is 0 Å². The van der Waals surface area contributed by atoms with Crippen LogP contribution in [0.1, 0.15) is 37.7 Å². The van der Waals surface area contributed by atoms with E-state index in [-0.39, 0.29) is 11.6 Å². The number of aryl methyl sites for hydroxylation is 1. The minimum atomic E-state index is -1.07. The molecule has 2 heterocycles. The Hall–Kier alpha value is -2.63. The van der Waals surface area contributed by atoms with E-state index in [1.165, 1.54) is 0 Å². The molecule has 0 aliphatic carbocycles. The van der Waals surface area contributed by atoms with Gasteiger partial charge in [-0.2, -0.15) is 0 Å². The molecule has 0 bridgehead atoms. The molecule has 0 saturated heterocycles. The summed E-state index contributed by atoms with van der Waals surface area (Å²) < 4.78 is 0. The average molecular weight is 273 g/mol. The number of nitrogens with one attached hydrogen (secondary N) is 2. The van der Waals surface area contributed by atoms with E-state index >= 15 is 0 Å². The number of hydrogen-bond donors (Lipinski definition) is 3. The van der Waals surface area contributed by atoms with Crippen LogP contribution in [-0.2, 0) is 6.54 Å². The Morgan fingerprint density at radius 3 is 2.50 bits per heavy atom. The summed E-state index contributed by atoms with van der Waals surface area (Å²) in [6.07, 6.45) is 3.30. The monoisotopic (exact) mass is 273 g/mol. The fourth-order valence-electron chi connectivity index (χ4n) is 2.08. The first kappa shape index (κ1) is 13.8. The average Bonchev–Trinajstić information content (AvgIpc) is 2.73. The van der Waals surface area contributed by atoms with Gasteiger partial charge in [0.25, 0.3) is 5.91 Å². The number of aromatic amines is 1. The molecule has 2 aromatic rings. The van der Waals surface area contributed by atoms with Crippen molar-refractivity contribution >= 4 is 11.9 Å². The molecule has 0 spiro atoms. The van der Waals surface area contributed by atoms with Gasteiger partial charge in [0.15, 0.2) is 0 Å². The SMILES string of the molecule is Cc1[nH]c(C(=O)O)c(C)c1C(=O)NCc1ccncc1. The zero-order chi connectivity index (χ0) is 14.7. The highest BCUT2D eigenvalue weighted by molar-refractivity contribution is 6.00. The second-order valence-electron chi connectivity index (χ2n) is 4.47. The van der Waals surface area contributed by atoms with Crippen molar-refractivity contribution in [3.8, 4) is 0 Å². The van der Waals surface area contributed by atoms with Crippen molar-refractivity contribution in [2.24, 2.45) is 0 Å². The number of aromatic nitrogens is 2. The third-order valence-electron chi connectivity index (χ3n) is 3.08. The molecule has 1 amide bonds. The predicted octanol–water partition coefficient (Wildman–Crippen LogP) is 1.65. The molecule has 0 unspecified atom stereocenters. The Kier molecular flexibility index (Phi) is 3.84. The third-order valence-corrected chi connectivity index (χ3v) is 3.08. The second kappa shape index (κ2) is 5.56. The van der Waals surface area contributed by atoms with Crippen molar-refractivity contribution in [1.29, 1.82) is 0 Å². The Balaban J connectivity index is 2.16. The second-order valence-corrected chi connectivity index (χ2v) is 4.47. The molecule has 0 radical (unpaired) electrons. The van der Waals surface area contributed by atoms with Crippen LogP contribution in [0.5, 0.6) is 0 Å². The largest absolute Gasteiger partial charge is 0.477 e. The van der Waals surface area contributed by atoms with Gasteiger partial charge in [-0.25, -0.2) is 4.79 Å². The Bertz CT molecular complexity index is 647. The van der Waals surface area contributed by atoms with Crippen molar-refractivity contribution in [2.45, 2.75) is 20.4 Å². The minimum absolute atomic E-state index is 0.0524. The van der Waals surface area contributed by atoms with Gasteiger partial charge < -0.3 is 15.4 Å². The summed E-state index contributed by atoms with van der Waals surface area (Å²) in [4.78, 5) is 29.8. The van der Waals surface area contributed by atoms with E-state index in [9.17, 15) is 9.59 Å². The van der Waals surface area contributed by atoms with Crippen LogP contribution in [-0.4, -0.2) is 27.0 Å². The van der Waals surface area contributed by atoms with Gasteiger partial charge in [0, 0.05) is 24.6 Å². The maximum atomic E-state index is 12.2. The summed E-state index contributed by atoms with van der Waals surface area (Å²) in [5.41, 5.74) is 2.36. The number of hydrogen-bond acceptors (Lipinski definition) is 3. The fourth-order valence-corrected chi connectivity index (χ4v) is 2.08. The van der Waals surface area contributed by atoms with Crippen LogP contribution in [0.25, 0.3) is 0 Å². The molecule has 0 atom stereocenters. The van der Waals surface area contributed by atoms with Crippen molar-refractivity contribution < 1.29 is 14.7 Å². The number of carbonyl (C=O) groups is 2. The number of nitrogens with zero attached hydrogens (tertiary/aromatic N) is 1. The summed E-state index contributed by atoms with van der Waals surface area (Å²) in [6.45, 7) is 3.67. The Morgan fingerprint density at radius 2 is 1.95 bits per heavy atom. The van der Waals surface area contributed by atoms with E-state index in [0.29, 0.717) is 23.4 Å². The highest BCUT2D eigenvalue weighted by Gasteiger charge is 2.21. The zero-order valence-corrected chi connectivity index (χ0v) is 11.2. The number of carbonyl (C=O) groups excluding carboxylic acids is 1. The summed E-state index contributed by atoms with van der Waals surface area (Å²) in [6, 6.07) is 3.61. The molecule has 0 aliphatic rings. The minimum Gasteiger partial charge on any atom is -0.477 e. The van der Waals surface area contributed by atoms with Gasteiger partial charge in [0.05, 0.1) is 5.56 Å². The molecule has 0 aliphatic heterocycles. The first-order valence-corrected chi connectivity index (χ1v) is 6.10. The van der Waals surface area contributed by atoms with Crippen LogP contribution in [0.15, 0.2) is 24.5 Å². The zero-order valence-electron chi connectivity index (χ0n) is 11.2. The fraction of sp³-hybridized carbons (Fsp3) is 0.214. The normalized spacial score (nSPS) is 10.3. The lowest BCUT2D eigenvalue weighted by molar-refractivity contribution is 0.0690. The van der Waals surface area contributed by atoms with Gasteiger partial charge in [-0.1, -0.05) is 0 Å². The lowest BCUT2D eigenvalue weighted by atomic mass is 10.1. The van der Waals surface area contributed by atoms with E-state index < -0.39 is 5.97 Å². The van der Waals surface area contributed by atoms with E-state index in [0.717, 1.165) is 5.56 Å². The number of rotatable bonds is 4. The lowest BCUT2D eigenvalue weighted by Crippen LogP contribution is -2.23. The summed E-state index contributed by atoms with van der Waals surface area (Å²) in [5.74, 6) is -1.36. The molecule has 6 heteroatoms. The molecule has 3 N–H and O–H groups in total. The molecule has 0 fully saturated rings. The standard InChI is InChI=1S/C14H15N3O3/c1-8-11(9(2)17-12(8)14(19)20)13(18)16-7-10-3-5-15-6-4-10/h3-6,17H,7H2,1-2H3,(H,16,18)(H,19,20). The van der Waals surface area contributed by atoms with E-state index in [1.54, 1.807) is 38.4 Å². The van der Waals surface area contributed by atoms with Gasteiger partial charge >= 0.3 is 5.97 Å². The quantitative estimate of drug-likeness (QED) is 0.789. The smallest absolute Gasteiger partial charge is 0.352 e. The van der Waals surface area contributed by atoms with Crippen LogP contribution in [0.2, 0.25) is 0 Å². The summed E-state index contributed by atoms with van der Waals surface area (Å²) in [5, 5.41) is 11.8. The highest BCUT2D eigenvalue weighted by atomic mass is 16.4. The van der Waals surface area contributed by atoms with Crippen LogP contribution in [0.4, 0.5) is 0 Å². The molecule has 2 rings (SSSR count). The topological polar surface area (TPSA) is 95.1 Å². The molecule has 20 heavy (non-hydrogen) atoms. The van der Waals surface area contributed by atoms with Crippen LogP contribution in [0.3, 0.4) is 0 Å². The molecule has 0 saturated carbocycles. The summed E-state index contributed by atoms with van der Waals surface area (Å²) >= 11 is 0. The van der Waals surface area contributed by atoms with Crippen molar-refractivity contribution in [3.63, 3.8) is 0 Å². The maximum absolute atomic E-state index is 12.2. The van der Waals surface area contributed by atoms with E-state index in [1.807, 2.05) is 0 Å². The Morgan fingerprint density at radius 1 is 1.30 bits per heavy atom.